The largest absolute Gasteiger partial charge is 0.464 e. The summed E-state index contributed by atoms with van der Waals surface area (Å²) in [6.45, 7) is 2.47. The molecule has 0 atom stereocenters. The first-order valence-electron chi connectivity index (χ1n) is 9.10. The number of aromatic nitrogens is 4. The molecule has 0 bridgehead atoms. The van der Waals surface area contributed by atoms with E-state index in [0.29, 0.717) is 25.3 Å². The number of hydrogen-bond acceptors (Lipinski definition) is 6. The van der Waals surface area contributed by atoms with Gasteiger partial charge >= 0.3 is 0 Å². The van der Waals surface area contributed by atoms with Crippen LogP contribution in [0.2, 0.25) is 0 Å². The van der Waals surface area contributed by atoms with Crippen LogP contribution < -0.4 is 10.2 Å². The van der Waals surface area contributed by atoms with Crippen molar-refractivity contribution in [2.45, 2.75) is 19.6 Å². The number of carbonyl (C=O) groups is 1. The van der Waals surface area contributed by atoms with Gasteiger partial charge in [-0.25, -0.2) is 4.98 Å². The molecule has 8 heteroatoms. The van der Waals surface area contributed by atoms with Crippen molar-refractivity contribution < 1.29 is 9.21 Å². The van der Waals surface area contributed by atoms with Crippen LogP contribution in [-0.2, 0) is 19.6 Å². The minimum atomic E-state index is -0.200. The van der Waals surface area contributed by atoms with Gasteiger partial charge in [0.05, 0.1) is 42.7 Å². The average molecular weight is 374 g/mol. The average Bonchev–Trinajstić information content (AvgIpc) is 3.38. The molecular weight excluding hydrogens is 356 g/mol. The van der Waals surface area contributed by atoms with Crippen LogP contribution in [-0.4, -0.2) is 32.2 Å². The van der Waals surface area contributed by atoms with Crippen molar-refractivity contribution in [1.82, 2.24) is 25.1 Å². The maximum absolute atomic E-state index is 12.5. The summed E-state index contributed by atoms with van der Waals surface area (Å²) >= 11 is 0. The molecule has 1 amide bonds. The van der Waals surface area contributed by atoms with E-state index in [1.165, 1.54) is 0 Å². The summed E-state index contributed by atoms with van der Waals surface area (Å²) in [5.41, 5.74) is 3.03. The summed E-state index contributed by atoms with van der Waals surface area (Å²) < 4.78 is 7.37. The number of amides is 1. The Hall–Kier alpha value is -3.68. The van der Waals surface area contributed by atoms with Gasteiger partial charge in [-0.05, 0) is 30.3 Å². The Kier molecular flexibility index (Phi) is 4.01. The second kappa shape index (κ2) is 6.80. The lowest BCUT2D eigenvalue weighted by atomic mass is 10.2. The molecule has 0 spiro atoms. The van der Waals surface area contributed by atoms with Crippen LogP contribution in [0.1, 0.15) is 21.9 Å². The Bertz CT molecular complexity index is 1130. The Balaban J connectivity index is 1.32. The number of anilines is 1. The van der Waals surface area contributed by atoms with Crippen molar-refractivity contribution in [3.63, 3.8) is 0 Å². The molecule has 0 aliphatic carbocycles. The first-order valence-corrected chi connectivity index (χ1v) is 9.10. The molecule has 0 radical (unpaired) electrons. The number of nitrogens with zero attached hydrogens (tertiary/aromatic N) is 5. The molecule has 140 valence electrons. The molecule has 8 nitrogen and oxygen atoms in total. The van der Waals surface area contributed by atoms with Gasteiger partial charge in [0.15, 0.2) is 5.69 Å². The summed E-state index contributed by atoms with van der Waals surface area (Å²) in [5, 5.41) is 8.32. The van der Waals surface area contributed by atoms with Crippen LogP contribution in [0.25, 0.3) is 11.0 Å². The minimum absolute atomic E-state index is 0.200. The second-order valence-electron chi connectivity index (χ2n) is 6.64. The summed E-state index contributed by atoms with van der Waals surface area (Å²) in [4.78, 5) is 23.4. The van der Waals surface area contributed by atoms with E-state index in [0.717, 1.165) is 34.7 Å². The first-order chi connectivity index (χ1) is 13.8. The number of fused-ring (bicyclic) bond motifs is 2. The van der Waals surface area contributed by atoms with Crippen molar-refractivity contribution >= 4 is 22.7 Å². The van der Waals surface area contributed by atoms with Gasteiger partial charge in [0, 0.05) is 18.9 Å². The Morgan fingerprint density at radius 1 is 1.14 bits per heavy atom. The molecule has 5 heterocycles. The lowest BCUT2D eigenvalue weighted by molar-refractivity contribution is 0.0944. The van der Waals surface area contributed by atoms with Gasteiger partial charge in [0.25, 0.3) is 5.91 Å². The van der Waals surface area contributed by atoms with Gasteiger partial charge in [0.1, 0.15) is 11.4 Å². The third-order valence-corrected chi connectivity index (χ3v) is 4.85. The van der Waals surface area contributed by atoms with E-state index in [1.54, 1.807) is 18.7 Å². The zero-order valence-corrected chi connectivity index (χ0v) is 15.1. The number of rotatable bonds is 4. The van der Waals surface area contributed by atoms with Crippen LogP contribution in [0, 0.1) is 0 Å². The third kappa shape index (κ3) is 2.98. The van der Waals surface area contributed by atoms with E-state index < -0.39 is 0 Å². The predicted molar refractivity (Wildman–Crippen MR) is 103 cm³/mol. The van der Waals surface area contributed by atoms with Crippen molar-refractivity contribution in [1.29, 1.82) is 0 Å². The SMILES string of the molecule is O=C(NCc1ccccn1)c1cc2n(n1)CCN(c1nccc3occc13)C2. The zero-order valence-electron chi connectivity index (χ0n) is 15.1. The molecular formula is C20H18N6O2. The molecule has 5 rings (SSSR count). The summed E-state index contributed by atoms with van der Waals surface area (Å²) in [5.74, 6) is 0.689. The first kappa shape index (κ1) is 16.5. The quantitative estimate of drug-likeness (QED) is 0.590. The van der Waals surface area contributed by atoms with Crippen molar-refractivity contribution in [2.75, 3.05) is 11.4 Å². The standard InChI is InChI=1S/C20H18N6O2/c27-20(23-12-14-3-1-2-6-21-14)17-11-15-13-25(8-9-26(15)24-17)19-16-5-10-28-18(16)4-7-22-19/h1-7,10-11H,8-9,12-13H2,(H,23,27). The highest BCUT2D eigenvalue weighted by Crippen LogP contribution is 2.28. The van der Waals surface area contributed by atoms with Crippen LogP contribution in [0.15, 0.2) is 59.5 Å². The molecule has 4 aromatic rings. The number of pyridine rings is 2. The molecule has 0 unspecified atom stereocenters. The third-order valence-electron chi connectivity index (χ3n) is 4.85. The second-order valence-corrected chi connectivity index (χ2v) is 6.64. The topological polar surface area (TPSA) is 89.1 Å². The maximum Gasteiger partial charge on any atom is 0.272 e. The van der Waals surface area contributed by atoms with Crippen LogP contribution in [0.5, 0.6) is 0 Å². The van der Waals surface area contributed by atoms with Gasteiger partial charge in [-0.2, -0.15) is 5.10 Å². The molecule has 1 aliphatic heterocycles. The molecule has 4 aromatic heterocycles. The normalized spacial score (nSPS) is 13.5. The predicted octanol–water partition coefficient (Wildman–Crippen LogP) is 2.37. The lowest BCUT2D eigenvalue weighted by Gasteiger charge is -2.28. The van der Waals surface area contributed by atoms with Crippen molar-refractivity contribution in [2.24, 2.45) is 0 Å². The van der Waals surface area contributed by atoms with E-state index in [9.17, 15) is 4.79 Å². The van der Waals surface area contributed by atoms with Crippen LogP contribution in [0.3, 0.4) is 0 Å². The Morgan fingerprint density at radius 2 is 2.11 bits per heavy atom. The van der Waals surface area contributed by atoms with E-state index in [4.69, 9.17) is 4.42 Å². The fraction of sp³-hybridized carbons (Fsp3) is 0.200. The zero-order chi connectivity index (χ0) is 18.9. The molecule has 0 saturated carbocycles. The molecule has 1 N–H and O–H groups in total. The van der Waals surface area contributed by atoms with E-state index in [1.807, 2.05) is 41.1 Å². The maximum atomic E-state index is 12.5. The molecule has 1 aliphatic rings. The Morgan fingerprint density at radius 3 is 3.00 bits per heavy atom. The highest BCUT2D eigenvalue weighted by atomic mass is 16.3. The highest BCUT2D eigenvalue weighted by molar-refractivity contribution is 5.92. The van der Waals surface area contributed by atoms with E-state index in [-0.39, 0.29) is 5.91 Å². The Labute approximate surface area is 160 Å². The van der Waals surface area contributed by atoms with Gasteiger partial charge in [-0.15, -0.1) is 0 Å². The highest BCUT2D eigenvalue weighted by Gasteiger charge is 2.23. The van der Waals surface area contributed by atoms with E-state index >= 15 is 0 Å². The molecule has 0 fully saturated rings. The van der Waals surface area contributed by atoms with Gasteiger partial charge < -0.3 is 14.6 Å². The van der Waals surface area contributed by atoms with Gasteiger partial charge in [0.2, 0.25) is 0 Å². The van der Waals surface area contributed by atoms with E-state index in [2.05, 4.69) is 25.3 Å². The molecule has 0 saturated heterocycles. The summed E-state index contributed by atoms with van der Waals surface area (Å²) in [6, 6.07) is 11.2. The fourth-order valence-electron chi connectivity index (χ4n) is 3.45. The smallest absolute Gasteiger partial charge is 0.272 e. The van der Waals surface area contributed by atoms with Crippen LogP contribution >= 0.6 is 0 Å². The lowest BCUT2D eigenvalue weighted by Crippen LogP contribution is -2.34. The summed E-state index contributed by atoms with van der Waals surface area (Å²) in [7, 11) is 0. The van der Waals surface area contributed by atoms with Gasteiger partial charge in [-0.1, -0.05) is 6.07 Å². The number of nitrogens with one attached hydrogen (secondary N) is 1. The van der Waals surface area contributed by atoms with Crippen LogP contribution in [0.4, 0.5) is 5.82 Å². The van der Waals surface area contributed by atoms with Gasteiger partial charge in [-0.3, -0.25) is 14.5 Å². The number of carbonyl (C=O) groups excluding carboxylic acids is 1. The minimum Gasteiger partial charge on any atom is -0.464 e. The summed E-state index contributed by atoms with van der Waals surface area (Å²) in [6.07, 6.45) is 5.14. The molecule has 28 heavy (non-hydrogen) atoms. The fourth-order valence-corrected chi connectivity index (χ4v) is 3.45. The monoisotopic (exact) mass is 374 g/mol. The van der Waals surface area contributed by atoms with Crippen molar-refractivity contribution in [3.8, 4) is 0 Å². The number of furan rings is 1. The molecule has 0 aromatic carbocycles. The number of hydrogen-bond donors (Lipinski definition) is 1. The van der Waals surface area contributed by atoms with Crippen molar-refractivity contribution in [3.05, 3.63) is 72.1 Å².